The fourth-order valence-electron chi connectivity index (χ4n) is 3.42. The van der Waals surface area contributed by atoms with E-state index in [4.69, 9.17) is 0 Å². The van der Waals surface area contributed by atoms with Crippen molar-refractivity contribution in [2.45, 2.75) is 39.2 Å². The number of piperidine rings is 3. The summed E-state index contributed by atoms with van der Waals surface area (Å²) in [5.74, 6) is 0.995. The van der Waals surface area contributed by atoms with Gasteiger partial charge in [0, 0.05) is 6.04 Å². The molecule has 1 nitrogen and oxygen atoms in total. The number of hydrogen-bond acceptors (Lipinski definition) is 1. The van der Waals surface area contributed by atoms with Gasteiger partial charge in [0.05, 0.1) is 0 Å². The van der Waals surface area contributed by atoms with Crippen molar-refractivity contribution in [2.24, 2.45) is 5.92 Å². The van der Waals surface area contributed by atoms with Crippen LogP contribution in [0.15, 0.2) is 18.2 Å². The quantitative estimate of drug-likeness (QED) is 0.693. The third kappa shape index (κ3) is 1.58. The van der Waals surface area contributed by atoms with Crippen molar-refractivity contribution in [3.8, 4) is 0 Å². The Morgan fingerprint density at radius 1 is 1.12 bits per heavy atom. The average molecular weight is 215 g/mol. The largest absolute Gasteiger partial charge is 0.296 e. The van der Waals surface area contributed by atoms with E-state index in [2.05, 4.69) is 36.9 Å². The Balaban J connectivity index is 1.95. The van der Waals surface area contributed by atoms with E-state index in [1.807, 2.05) is 0 Å². The maximum absolute atomic E-state index is 2.70. The lowest BCUT2D eigenvalue weighted by Crippen LogP contribution is -2.43. The van der Waals surface area contributed by atoms with Gasteiger partial charge < -0.3 is 0 Å². The zero-order valence-electron chi connectivity index (χ0n) is 10.4. The topological polar surface area (TPSA) is 3.24 Å². The van der Waals surface area contributed by atoms with Crippen molar-refractivity contribution in [1.82, 2.24) is 4.90 Å². The second kappa shape index (κ2) is 3.89. The van der Waals surface area contributed by atoms with Crippen molar-refractivity contribution in [2.75, 3.05) is 13.1 Å². The molecule has 3 saturated heterocycles. The normalized spacial score (nSPS) is 33.0. The van der Waals surface area contributed by atoms with Crippen LogP contribution < -0.4 is 0 Å². The van der Waals surface area contributed by atoms with E-state index < -0.39 is 0 Å². The van der Waals surface area contributed by atoms with Gasteiger partial charge in [-0.25, -0.2) is 0 Å². The summed E-state index contributed by atoms with van der Waals surface area (Å²) < 4.78 is 0. The number of benzene rings is 1. The second-order valence-corrected chi connectivity index (χ2v) is 5.52. The maximum atomic E-state index is 2.70. The van der Waals surface area contributed by atoms with E-state index in [0.29, 0.717) is 6.04 Å². The van der Waals surface area contributed by atoms with Crippen molar-refractivity contribution >= 4 is 0 Å². The van der Waals surface area contributed by atoms with E-state index in [0.717, 1.165) is 5.92 Å². The molecule has 1 atom stereocenters. The Morgan fingerprint density at radius 3 is 2.50 bits per heavy atom. The monoisotopic (exact) mass is 215 g/mol. The number of nitrogens with zero attached hydrogens (tertiary/aromatic N) is 1. The molecule has 0 aliphatic carbocycles. The first-order valence-electron chi connectivity index (χ1n) is 6.56. The Kier molecular flexibility index (Phi) is 2.51. The zero-order valence-corrected chi connectivity index (χ0v) is 10.4. The highest BCUT2D eigenvalue weighted by Gasteiger charge is 2.34. The molecule has 0 aromatic heterocycles. The molecule has 0 saturated carbocycles. The molecule has 4 rings (SSSR count). The van der Waals surface area contributed by atoms with Crippen LogP contribution in [0.25, 0.3) is 0 Å². The SMILES string of the molecule is Cc1cccc(C2CC3CCN2CC3)c1C. The number of aryl methyl sites for hydroxylation is 1. The number of hydrogen-bond donors (Lipinski definition) is 0. The summed E-state index contributed by atoms with van der Waals surface area (Å²) in [6.07, 6.45) is 4.26. The molecule has 1 aromatic rings. The second-order valence-electron chi connectivity index (χ2n) is 5.52. The summed E-state index contributed by atoms with van der Waals surface area (Å²) in [5, 5.41) is 0. The third-order valence-electron chi connectivity index (χ3n) is 4.65. The molecule has 2 bridgehead atoms. The van der Waals surface area contributed by atoms with Crippen LogP contribution in [-0.2, 0) is 0 Å². The first-order valence-corrected chi connectivity index (χ1v) is 6.56. The highest BCUT2D eigenvalue weighted by molar-refractivity contribution is 5.35. The summed E-state index contributed by atoms with van der Waals surface area (Å²) in [5.41, 5.74) is 4.55. The summed E-state index contributed by atoms with van der Waals surface area (Å²) in [4.78, 5) is 2.70. The molecular formula is C15H21N. The minimum absolute atomic E-state index is 0.715. The Hall–Kier alpha value is -0.820. The summed E-state index contributed by atoms with van der Waals surface area (Å²) in [6.45, 7) is 7.16. The molecule has 1 heteroatoms. The minimum Gasteiger partial charge on any atom is -0.296 e. The summed E-state index contributed by atoms with van der Waals surface area (Å²) in [7, 11) is 0. The van der Waals surface area contributed by atoms with Crippen LogP contribution in [0.3, 0.4) is 0 Å². The van der Waals surface area contributed by atoms with Crippen LogP contribution in [-0.4, -0.2) is 18.0 Å². The lowest BCUT2D eigenvalue weighted by molar-refractivity contribution is 0.0487. The Labute approximate surface area is 98.5 Å². The molecule has 0 radical (unpaired) electrons. The van der Waals surface area contributed by atoms with E-state index in [1.165, 1.54) is 43.5 Å². The molecule has 1 aromatic carbocycles. The van der Waals surface area contributed by atoms with Crippen molar-refractivity contribution < 1.29 is 0 Å². The van der Waals surface area contributed by atoms with Crippen LogP contribution in [0.5, 0.6) is 0 Å². The highest BCUT2D eigenvalue weighted by Crippen LogP contribution is 2.41. The van der Waals surface area contributed by atoms with Crippen molar-refractivity contribution in [3.05, 3.63) is 34.9 Å². The summed E-state index contributed by atoms with van der Waals surface area (Å²) in [6, 6.07) is 7.51. The highest BCUT2D eigenvalue weighted by atomic mass is 15.2. The molecule has 0 N–H and O–H groups in total. The maximum Gasteiger partial charge on any atom is 0.0353 e. The van der Waals surface area contributed by atoms with Crippen molar-refractivity contribution in [3.63, 3.8) is 0 Å². The van der Waals surface area contributed by atoms with E-state index in [9.17, 15) is 0 Å². The van der Waals surface area contributed by atoms with Crippen LogP contribution >= 0.6 is 0 Å². The van der Waals surface area contributed by atoms with E-state index >= 15 is 0 Å². The molecule has 1 unspecified atom stereocenters. The average Bonchev–Trinajstić information content (AvgIpc) is 2.34. The lowest BCUT2D eigenvalue weighted by atomic mass is 9.79. The molecule has 3 aliphatic heterocycles. The van der Waals surface area contributed by atoms with Crippen LogP contribution in [0, 0.1) is 19.8 Å². The molecule has 86 valence electrons. The van der Waals surface area contributed by atoms with Crippen LogP contribution in [0.2, 0.25) is 0 Å². The van der Waals surface area contributed by atoms with Gasteiger partial charge in [0.25, 0.3) is 0 Å². The van der Waals surface area contributed by atoms with Gasteiger partial charge in [-0.15, -0.1) is 0 Å². The molecule has 3 heterocycles. The number of rotatable bonds is 1. The fraction of sp³-hybridized carbons (Fsp3) is 0.600. The minimum atomic E-state index is 0.715. The van der Waals surface area contributed by atoms with Crippen molar-refractivity contribution in [1.29, 1.82) is 0 Å². The third-order valence-corrected chi connectivity index (χ3v) is 4.65. The Morgan fingerprint density at radius 2 is 1.88 bits per heavy atom. The summed E-state index contributed by atoms with van der Waals surface area (Å²) >= 11 is 0. The van der Waals surface area contributed by atoms with Gasteiger partial charge in [-0.3, -0.25) is 4.90 Å². The smallest absolute Gasteiger partial charge is 0.0353 e. The predicted octanol–water partition coefficient (Wildman–Crippen LogP) is 3.46. The van der Waals surface area contributed by atoms with Gasteiger partial charge >= 0.3 is 0 Å². The van der Waals surface area contributed by atoms with E-state index in [1.54, 1.807) is 5.56 Å². The van der Waals surface area contributed by atoms with Gasteiger partial charge in [-0.05, 0) is 68.8 Å². The zero-order chi connectivity index (χ0) is 11.1. The number of fused-ring (bicyclic) bond motifs is 3. The first-order chi connectivity index (χ1) is 7.75. The van der Waals surface area contributed by atoms with Crippen LogP contribution in [0.1, 0.15) is 42.0 Å². The van der Waals surface area contributed by atoms with Crippen LogP contribution in [0.4, 0.5) is 0 Å². The van der Waals surface area contributed by atoms with Gasteiger partial charge in [0.2, 0.25) is 0 Å². The standard InChI is InChI=1S/C15H21N/c1-11-4-3-5-14(12(11)2)15-10-13-6-8-16(15)9-7-13/h3-5,13,15H,6-10H2,1-2H3. The van der Waals surface area contributed by atoms with E-state index in [-0.39, 0.29) is 0 Å². The van der Waals surface area contributed by atoms with Gasteiger partial charge in [-0.1, -0.05) is 18.2 Å². The molecule has 3 aliphatic rings. The first kappa shape index (κ1) is 10.3. The molecule has 0 amide bonds. The van der Waals surface area contributed by atoms with Gasteiger partial charge in [0.15, 0.2) is 0 Å². The van der Waals surface area contributed by atoms with Gasteiger partial charge in [-0.2, -0.15) is 0 Å². The molecule has 0 spiro atoms. The predicted molar refractivity (Wildman–Crippen MR) is 67.6 cm³/mol. The molecular weight excluding hydrogens is 194 g/mol. The fourth-order valence-corrected chi connectivity index (χ4v) is 3.42. The van der Waals surface area contributed by atoms with Gasteiger partial charge in [0.1, 0.15) is 0 Å². The molecule has 3 fully saturated rings. The lowest BCUT2D eigenvalue weighted by Gasteiger charge is -2.46. The molecule has 16 heavy (non-hydrogen) atoms. The Bertz CT molecular complexity index is 388.